The van der Waals surface area contributed by atoms with E-state index >= 15 is 0 Å². The van der Waals surface area contributed by atoms with E-state index in [4.69, 9.17) is 23.2 Å². The van der Waals surface area contributed by atoms with Crippen LogP contribution in [-0.4, -0.2) is 5.11 Å². The molecule has 0 aliphatic heterocycles. The summed E-state index contributed by atoms with van der Waals surface area (Å²) in [6, 6.07) is 5.50. The lowest BCUT2D eigenvalue weighted by Crippen LogP contribution is -1.90. The third-order valence-electron chi connectivity index (χ3n) is 2.65. The molecule has 0 unspecified atom stereocenters. The SMILES string of the molecule is CCCCCCc1ccc(O)c(C(Cl)Cl)c1. The van der Waals surface area contributed by atoms with Crippen LogP contribution in [0.2, 0.25) is 0 Å². The molecule has 0 fully saturated rings. The predicted molar refractivity (Wildman–Crippen MR) is 70.4 cm³/mol. The molecule has 1 aromatic carbocycles. The van der Waals surface area contributed by atoms with E-state index in [1.807, 2.05) is 12.1 Å². The lowest BCUT2D eigenvalue weighted by Gasteiger charge is -2.08. The Morgan fingerprint density at radius 2 is 1.94 bits per heavy atom. The average Bonchev–Trinajstić information content (AvgIpc) is 2.26. The van der Waals surface area contributed by atoms with E-state index in [-0.39, 0.29) is 5.75 Å². The van der Waals surface area contributed by atoms with Crippen LogP contribution < -0.4 is 0 Å². The van der Waals surface area contributed by atoms with Crippen molar-refractivity contribution in [2.45, 2.75) is 43.9 Å². The Bertz CT molecular complexity index is 324. The van der Waals surface area contributed by atoms with Crippen LogP contribution in [-0.2, 0) is 6.42 Å². The molecule has 0 heterocycles. The summed E-state index contributed by atoms with van der Waals surface area (Å²) in [5, 5.41) is 9.55. The van der Waals surface area contributed by atoms with Crippen LogP contribution >= 0.6 is 23.2 Å². The number of rotatable bonds is 6. The molecule has 0 aromatic heterocycles. The Morgan fingerprint density at radius 1 is 1.19 bits per heavy atom. The van der Waals surface area contributed by atoms with E-state index in [1.165, 1.54) is 31.2 Å². The van der Waals surface area contributed by atoms with Gasteiger partial charge in [-0.25, -0.2) is 0 Å². The first-order valence-corrected chi connectivity index (χ1v) is 6.62. The molecule has 1 nitrogen and oxygen atoms in total. The summed E-state index contributed by atoms with van der Waals surface area (Å²) in [7, 11) is 0. The van der Waals surface area contributed by atoms with E-state index in [0.717, 1.165) is 6.42 Å². The number of aryl methyl sites for hydroxylation is 1. The van der Waals surface area contributed by atoms with Crippen LogP contribution in [0, 0.1) is 0 Å². The van der Waals surface area contributed by atoms with Crippen molar-refractivity contribution >= 4 is 23.2 Å². The summed E-state index contributed by atoms with van der Waals surface area (Å²) in [6.07, 6.45) is 5.96. The maximum absolute atomic E-state index is 9.55. The smallest absolute Gasteiger partial charge is 0.136 e. The van der Waals surface area contributed by atoms with Crippen molar-refractivity contribution in [3.05, 3.63) is 29.3 Å². The molecule has 90 valence electrons. The summed E-state index contributed by atoms with van der Waals surface area (Å²) in [5.74, 6) is 0.173. The van der Waals surface area contributed by atoms with Gasteiger partial charge in [-0.05, 0) is 30.5 Å². The van der Waals surface area contributed by atoms with Crippen molar-refractivity contribution < 1.29 is 5.11 Å². The van der Waals surface area contributed by atoms with Crippen molar-refractivity contribution in [1.82, 2.24) is 0 Å². The molecular formula is C13H18Cl2O. The average molecular weight is 261 g/mol. The quantitative estimate of drug-likeness (QED) is 0.565. The maximum atomic E-state index is 9.55. The van der Waals surface area contributed by atoms with Gasteiger partial charge in [0, 0.05) is 5.56 Å². The van der Waals surface area contributed by atoms with Gasteiger partial charge in [0.25, 0.3) is 0 Å². The third-order valence-corrected chi connectivity index (χ3v) is 3.12. The minimum absolute atomic E-state index is 0.173. The zero-order chi connectivity index (χ0) is 12.0. The zero-order valence-electron chi connectivity index (χ0n) is 9.55. The molecule has 16 heavy (non-hydrogen) atoms. The lowest BCUT2D eigenvalue weighted by molar-refractivity contribution is 0.469. The summed E-state index contributed by atoms with van der Waals surface area (Å²) in [5.41, 5.74) is 1.80. The molecule has 0 saturated carbocycles. The third kappa shape index (κ3) is 4.23. The van der Waals surface area contributed by atoms with Crippen LogP contribution in [0.4, 0.5) is 0 Å². The molecule has 0 amide bonds. The molecular weight excluding hydrogens is 243 g/mol. The van der Waals surface area contributed by atoms with Crippen LogP contribution in [0.3, 0.4) is 0 Å². The summed E-state index contributed by atoms with van der Waals surface area (Å²) < 4.78 is 0. The molecule has 0 spiro atoms. The first-order valence-electron chi connectivity index (χ1n) is 5.75. The standard InChI is InChI=1S/C13H18Cl2O/c1-2-3-4-5-6-10-7-8-12(16)11(9-10)13(14)15/h7-9,13,16H,2-6H2,1H3. The Hall–Kier alpha value is -0.400. The highest BCUT2D eigenvalue weighted by atomic mass is 35.5. The molecule has 0 radical (unpaired) electrons. The number of halogens is 2. The van der Waals surface area contributed by atoms with Gasteiger partial charge in [0.1, 0.15) is 10.6 Å². The summed E-state index contributed by atoms with van der Waals surface area (Å²) >= 11 is 11.5. The Balaban J connectivity index is 2.57. The van der Waals surface area contributed by atoms with Gasteiger partial charge in [0.05, 0.1) is 0 Å². The highest BCUT2D eigenvalue weighted by Gasteiger charge is 2.09. The summed E-state index contributed by atoms with van der Waals surface area (Å²) in [4.78, 5) is -0.657. The highest BCUT2D eigenvalue weighted by molar-refractivity contribution is 6.44. The Kier molecular flexibility index (Phi) is 6.00. The van der Waals surface area contributed by atoms with E-state index in [2.05, 4.69) is 6.92 Å². The number of aromatic hydroxyl groups is 1. The van der Waals surface area contributed by atoms with Crippen molar-refractivity contribution in [2.24, 2.45) is 0 Å². The molecule has 1 rings (SSSR count). The second-order valence-electron chi connectivity index (χ2n) is 4.00. The fraction of sp³-hybridized carbons (Fsp3) is 0.538. The largest absolute Gasteiger partial charge is 0.508 e. The minimum atomic E-state index is -0.657. The number of alkyl halides is 2. The lowest BCUT2D eigenvalue weighted by atomic mass is 10.0. The number of hydrogen-bond acceptors (Lipinski definition) is 1. The molecule has 0 aliphatic rings. The van der Waals surface area contributed by atoms with Crippen LogP contribution in [0.25, 0.3) is 0 Å². The second kappa shape index (κ2) is 7.03. The van der Waals surface area contributed by atoms with Crippen molar-refractivity contribution in [3.8, 4) is 5.75 Å². The van der Waals surface area contributed by atoms with Gasteiger partial charge in [0.2, 0.25) is 0 Å². The Morgan fingerprint density at radius 3 is 2.56 bits per heavy atom. The number of unbranched alkanes of at least 4 members (excludes halogenated alkanes) is 3. The van der Waals surface area contributed by atoms with Gasteiger partial charge in [-0.1, -0.05) is 55.5 Å². The second-order valence-corrected chi connectivity index (χ2v) is 5.10. The number of phenolic OH excluding ortho intramolecular Hbond substituents is 1. The van der Waals surface area contributed by atoms with E-state index in [9.17, 15) is 5.11 Å². The molecule has 0 saturated heterocycles. The normalized spacial score (nSPS) is 11.0. The van der Waals surface area contributed by atoms with E-state index in [1.54, 1.807) is 6.07 Å². The summed E-state index contributed by atoms with van der Waals surface area (Å²) in [6.45, 7) is 2.20. The molecule has 0 bridgehead atoms. The molecule has 0 atom stereocenters. The van der Waals surface area contributed by atoms with Crippen molar-refractivity contribution in [3.63, 3.8) is 0 Å². The van der Waals surface area contributed by atoms with Gasteiger partial charge in [-0.15, -0.1) is 0 Å². The molecule has 3 heteroatoms. The molecule has 1 aromatic rings. The molecule has 1 N–H and O–H groups in total. The van der Waals surface area contributed by atoms with Gasteiger partial charge in [-0.2, -0.15) is 0 Å². The van der Waals surface area contributed by atoms with Gasteiger partial charge < -0.3 is 5.11 Å². The van der Waals surface area contributed by atoms with E-state index < -0.39 is 4.84 Å². The van der Waals surface area contributed by atoms with Gasteiger partial charge in [-0.3, -0.25) is 0 Å². The maximum Gasteiger partial charge on any atom is 0.136 e. The van der Waals surface area contributed by atoms with Crippen LogP contribution in [0.15, 0.2) is 18.2 Å². The van der Waals surface area contributed by atoms with Crippen molar-refractivity contribution in [1.29, 1.82) is 0 Å². The highest BCUT2D eigenvalue weighted by Crippen LogP contribution is 2.32. The fourth-order valence-corrected chi connectivity index (χ4v) is 2.04. The minimum Gasteiger partial charge on any atom is -0.508 e. The monoisotopic (exact) mass is 260 g/mol. The predicted octanol–water partition coefficient (Wildman–Crippen LogP) is 4.99. The number of phenols is 1. The zero-order valence-corrected chi connectivity index (χ0v) is 11.1. The van der Waals surface area contributed by atoms with Gasteiger partial charge in [0.15, 0.2) is 0 Å². The van der Waals surface area contributed by atoms with Crippen LogP contribution in [0.1, 0.15) is 48.6 Å². The number of hydrogen-bond donors (Lipinski definition) is 1. The first-order chi connectivity index (χ1) is 7.65. The van der Waals surface area contributed by atoms with Gasteiger partial charge >= 0.3 is 0 Å². The Labute approximate surface area is 107 Å². The van der Waals surface area contributed by atoms with Crippen LogP contribution in [0.5, 0.6) is 5.75 Å². The topological polar surface area (TPSA) is 20.2 Å². The van der Waals surface area contributed by atoms with E-state index in [0.29, 0.717) is 5.56 Å². The molecule has 0 aliphatic carbocycles. The van der Waals surface area contributed by atoms with Crippen molar-refractivity contribution in [2.75, 3.05) is 0 Å². The first kappa shape index (κ1) is 13.7. The fourth-order valence-electron chi connectivity index (χ4n) is 1.69. The number of benzene rings is 1.